The molecule has 1 fully saturated rings. The summed E-state index contributed by atoms with van der Waals surface area (Å²) in [5, 5.41) is 6.66. The van der Waals surface area contributed by atoms with Crippen LogP contribution in [0, 0.1) is 6.92 Å². The van der Waals surface area contributed by atoms with Gasteiger partial charge in [-0.25, -0.2) is 13.4 Å². The third-order valence-electron chi connectivity index (χ3n) is 6.82. The molecule has 1 aliphatic heterocycles. The number of anilines is 1. The highest BCUT2D eigenvalue weighted by atomic mass is 32.2. The Morgan fingerprint density at radius 1 is 1.07 bits per heavy atom. The van der Waals surface area contributed by atoms with Gasteiger partial charge in [0.05, 0.1) is 10.6 Å². The van der Waals surface area contributed by atoms with E-state index < -0.39 is 34.1 Å². The normalized spacial score (nSPS) is 16.4. The SMILES string of the molecule is CCCc1ccc(CNC(=O)[C@H]2CN(c3nc(C)c(CNC)s3)CCN2S(=O)(=O)c2ccc(OC(F)(F)F)cc2)cc1. The Labute approximate surface area is 247 Å². The molecule has 2 heterocycles. The van der Waals surface area contributed by atoms with Crippen LogP contribution in [-0.2, 0) is 34.3 Å². The number of sulfonamides is 1. The summed E-state index contributed by atoms with van der Waals surface area (Å²) in [7, 11) is -2.41. The van der Waals surface area contributed by atoms with Gasteiger partial charge in [-0.3, -0.25) is 4.79 Å². The summed E-state index contributed by atoms with van der Waals surface area (Å²) in [6, 6.07) is 10.7. The van der Waals surface area contributed by atoms with E-state index in [1.807, 2.05) is 43.1 Å². The lowest BCUT2D eigenvalue weighted by Gasteiger charge is -2.39. The summed E-state index contributed by atoms with van der Waals surface area (Å²) in [4.78, 5) is 20.9. The Bertz CT molecular complexity index is 1460. The minimum absolute atomic E-state index is 0.0209. The fourth-order valence-electron chi connectivity index (χ4n) is 4.68. The van der Waals surface area contributed by atoms with Gasteiger partial charge in [-0.05, 0) is 55.8 Å². The third kappa shape index (κ3) is 7.79. The number of thiazole rings is 1. The monoisotopic (exact) mass is 625 g/mol. The number of hydrogen-bond acceptors (Lipinski definition) is 8. The molecule has 1 aromatic heterocycles. The molecule has 2 aromatic carbocycles. The average molecular weight is 626 g/mol. The minimum Gasteiger partial charge on any atom is -0.406 e. The lowest BCUT2D eigenvalue weighted by atomic mass is 10.1. The van der Waals surface area contributed by atoms with Gasteiger partial charge in [-0.2, -0.15) is 4.31 Å². The van der Waals surface area contributed by atoms with Crippen molar-refractivity contribution in [2.75, 3.05) is 31.6 Å². The predicted octanol–water partition coefficient (Wildman–Crippen LogP) is 4.22. The number of ether oxygens (including phenoxy) is 1. The fraction of sp³-hybridized carbons (Fsp3) is 0.429. The van der Waals surface area contributed by atoms with Crippen molar-refractivity contribution in [3.05, 3.63) is 70.2 Å². The molecule has 0 unspecified atom stereocenters. The molecule has 0 radical (unpaired) electrons. The zero-order chi connectivity index (χ0) is 30.5. The van der Waals surface area contributed by atoms with Crippen molar-refractivity contribution in [3.8, 4) is 5.75 Å². The zero-order valence-electron chi connectivity index (χ0n) is 23.6. The molecular weight excluding hydrogens is 591 g/mol. The molecule has 1 saturated heterocycles. The number of amides is 1. The highest BCUT2D eigenvalue weighted by Gasteiger charge is 2.41. The lowest BCUT2D eigenvalue weighted by Crippen LogP contribution is -2.60. The number of nitrogens with zero attached hydrogens (tertiary/aromatic N) is 3. The van der Waals surface area contributed by atoms with Crippen LogP contribution in [0.3, 0.4) is 0 Å². The first-order valence-electron chi connectivity index (χ1n) is 13.5. The predicted molar refractivity (Wildman–Crippen MR) is 155 cm³/mol. The number of piperazine rings is 1. The van der Waals surface area contributed by atoms with E-state index in [4.69, 9.17) is 0 Å². The first-order chi connectivity index (χ1) is 19.9. The maximum Gasteiger partial charge on any atom is 0.573 e. The highest BCUT2D eigenvalue weighted by Crippen LogP contribution is 2.31. The molecular formula is C28H34F3N5O4S2. The Hall–Kier alpha value is -3.20. The van der Waals surface area contributed by atoms with Crippen LogP contribution < -0.4 is 20.3 Å². The van der Waals surface area contributed by atoms with Crippen LogP contribution in [0.25, 0.3) is 0 Å². The molecule has 1 amide bonds. The number of rotatable bonds is 11. The first-order valence-corrected chi connectivity index (χ1v) is 15.8. The Balaban J connectivity index is 1.57. The Morgan fingerprint density at radius 2 is 1.74 bits per heavy atom. The van der Waals surface area contributed by atoms with Crippen molar-refractivity contribution >= 4 is 32.4 Å². The molecule has 42 heavy (non-hydrogen) atoms. The molecule has 1 atom stereocenters. The maximum atomic E-state index is 13.7. The van der Waals surface area contributed by atoms with E-state index in [1.165, 1.54) is 16.9 Å². The molecule has 0 bridgehead atoms. The molecule has 228 valence electrons. The van der Waals surface area contributed by atoms with Gasteiger partial charge < -0.3 is 20.3 Å². The van der Waals surface area contributed by atoms with Gasteiger partial charge >= 0.3 is 6.36 Å². The quantitative estimate of drug-likeness (QED) is 0.329. The van der Waals surface area contributed by atoms with E-state index in [1.54, 1.807) is 0 Å². The molecule has 0 aliphatic carbocycles. The number of carbonyl (C=O) groups excluding carboxylic acids is 1. The maximum absolute atomic E-state index is 13.7. The number of carbonyl (C=O) groups is 1. The second-order valence-corrected chi connectivity index (χ2v) is 12.9. The van der Waals surface area contributed by atoms with E-state index in [0.717, 1.165) is 57.5 Å². The van der Waals surface area contributed by atoms with Crippen LogP contribution in [-0.4, -0.2) is 62.7 Å². The number of nitrogens with one attached hydrogen (secondary N) is 2. The summed E-state index contributed by atoms with van der Waals surface area (Å²) in [5.74, 6) is -1.02. The Kier molecular flexibility index (Phi) is 10.1. The zero-order valence-corrected chi connectivity index (χ0v) is 25.2. The highest BCUT2D eigenvalue weighted by molar-refractivity contribution is 7.89. The number of aryl methyl sites for hydroxylation is 2. The van der Waals surface area contributed by atoms with E-state index in [-0.39, 0.29) is 31.1 Å². The van der Waals surface area contributed by atoms with Crippen LogP contribution in [0.2, 0.25) is 0 Å². The van der Waals surface area contributed by atoms with E-state index in [2.05, 4.69) is 27.3 Å². The van der Waals surface area contributed by atoms with Crippen molar-refractivity contribution in [3.63, 3.8) is 0 Å². The largest absolute Gasteiger partial charge is 0.573 e. The molecule has 0 spiro atoms. The van der Waals surface area contributed by atoms with E-state index in [0.29, 0.717) is 11.7 Å². The van der Waals surface area contributed by atoms with Crippen LogP contribution in [0.5, 0.6) is 5.75 Å². The number of alkyl halides is 3. The van der Waals surface area contributed by atoms with Crippen molar-refractivity contribution in [1.82, 2.24) is 19.9 Å². The van der Waals surface area contributed by atoms with Gasteiger partial charge in [0.2, 0.25) is 15.9 Å². The molecule has 3 aromatic rings. The van der Waals surface area contributed by atoms with Gasteiger partial charge in [-0.1, -0.05) is 37.6 Å². The number of aromatic nitrogens is 1. The minimum atomic E-state index is -4.91. The molecule has 2 N–H and O–H groups in total. The van der Waals surface area contributed by atoms with Crippen LogP contribution in [0.1, 0.15) is 35.0 Å². The number of hydrogen-bond donors (Lipinski definition) is 2. The average Bonchev–Trinajstić information content (AvgIpc) is 3.32. The molecule has 0 saturated carbocycles. The topological polar surface area (TPSA) is 104 Å². The molecule has 9 nitrogen and oxygen atoms in total. The van der Waals surface area contributed by atoms with E-state index >= 15 is 0 Å². The van der Waals surface area contributed by atoms with Crippen LogP contribution in [0.15, 0.2) is 53.4 Å². The van der Waals surface area contributed by atoms with Gasteiger partial charge in [0.25, 0.3) is 0 Å². The summed E-state index contributed by atoms with van der Waals surface area (Å²) < 4.78 is 70.2. The van der Waals surface area contributed by atoms with Gasteiger partial charge in [0.1, 0.15) is 11.8 Å². The molecule has 14 heteroatoms. The van der Waals surface area contributed by atoms with Crippen molar-refractivity contribution in [2.45, 2.75) is 57.1 Å². The standard InChI is InChI=1S/C28H34F3N5O4S2/c1-4-5-20-6-8-21(9-7-20)16-33-26(37)24-18-35(27-34-19(2)25(41-27)17-32-3)14-15-36(24)42(38,39)23-12-10-22(11-13-23)40-28(29,30)31/h6-13,24,32H,4-5,14-18H2,1-3H3,(H,33,37)/t24-/m1/s1. The number of halogens is 3. The van der Waals surface area contributed by atoms with Crippen molar-refractivity contribution < 1.29 is 31.1 Å². The number of benzene rings is 2. The third-order valence-corrected chi connectivity index (χ3v) is 9.96. The van der Waals surface area contributed by atoms with Gasteiger partial charge in [-0.15, -0.1) is 24.5 Å². The second kappa shape index (κ2) is 13.4. The van der Waals surface area contributed by atoms with Gasteiger partial charge in [0.15, 0.2) is 5.13 Å². The fourth-order valence-corrected chi connectivity index (χ4v) is 7.36. The summed E-state index contributed by atoms with van der Waals surface area (Å²) in [6.45, 7) is 5.16. The van der Waals surface area contributed by atoms with Crippen LogP contribution in [0.4, 0.5) is 18.3 Å². The summed E-state index contributed by atoms with van der Waals surface area (Å²) >= 11 is 1.48. The molecule has 4 rings (SSSR count). The lowest BCUT2D eigenvalue weighted by molar-refractivity contribution is -0.274. The molecule has 1 aliphatic rings. The van der Waals surface area contributed by atoms with Crippen molar-refractivity contribution in [1.29, 1.82) is 0 Å². The van der Waals surface area contributed by atoms with Crippen molar-refractivity contribution in [2.24, 2.45) is 0 Å². The smallest absolute Gasteiger partial charge is 0.406 e. The van der Waals surface area contributed by atoms with Crippen LogP contribution >= 0.6 is 11.3 Å². The second-order valence-electron chi connectivity index (χ2n) is 9.92. The summed E-state index contributed by atoms with van der Waals surface area (Å²) in [6.07, 6.45) is -2.93. The first kappa shape index (κ1) is 31.7. The summed E-state index contributed by atoms with van der Waals surface area (Å²) in [5.41, 5.74) is 2.92. The van der Waals surface area contributed by atoms with Gasteiger partial charge in [0, 0.05) is 37.6 Å². The Morgan fingerprint density at radius 3 is 2.36 bits per heavy atom. The van der Waals surface area contributed by atoms with E-state index in [9.17, 15) is 26.4 Å².